The molecule has 0 unspecified atom stereocenters. The minimum Gasteiger partial charge on any atom is -0.497 e. The second kappa shape index (κ2) is 5.97. The van der Waals surface area contributed by atoms with E-state index in [1.54, 1.807) is 25.6 Å². The van der Waals surface area contributed by atoms with Gasteiger partial charge in [-0.3, -0.25) is 0 Å². The number of thiazole rings is 1. The maximum atomic E-state index is 5.17. The van der Waals surface area contributed by atoms with Gasteiger partial charge in [-0.2, -0.15) is 0 Å². The molecule has 0 aliphatic heterocycles. The van der Waals surface area contributed by atoms with E-state index in [4.69, 9.17) is 14.5 Å². The summed E-state index contributed by atoms with van der Waals surface area (Å²) in [6, 6.07) is 15.9. The molecule has 0 saturated heterocycles. The minimum absolute atomic E-state index is 0.851. The Kier molecular flexibility index (Phi) is 3.88. The second-order valence-corrected chi connectivity index (χ2v) is 5.35. The molecule has 0 atom stereocenters. The largest absolute Gasteiger partial charge is 0.497 e. The molecule has 0 amide bonds. The number of ether oxygens (including phenoxy) is 2. The van der Waals surface area contributed by atoms with E-state index in [1.165, 1.54) is 0 Å². The Bertz CT molecular complexity index is 655. The molecule has 0 N–H and O–H groups in total. The Hall–Kier alpha value is -2.33. The van der Waals surface area contributed by atoms with E-state index in [0.29, 0.717) is 0 Å². The fourth-order valence-electron chi connectivity index (χ4n) is 2.03. The van der Waals surface area contributed by atoms with Crippen LogP contribution in [0.2, 0.25) is 0 Å². The smallest absolute Gasteiger partial charge is 0.124 e. The van der Waals surface area contributed by atoms with Crippen LogP contribution >= 0.6 is 11.3 Å². The number of rotatable bonds is 4. The summed E-state index contributed by atoms with van der Waals surface area (Å²) >= 11 is 1.64. The van der Waals surface area contributed by atoms with Gasteiger partial charge in [0.1, 0.15) is 16.5 Å². The van der Waals surface area contributed by atoms with Crippen LogP contribution in [-0.2, 0) is 0 Å². The highest BCUT2D eigenvalue weighted by atomic mass is 32.1. The molecule has 0 spiro atoms. The molecule has 4 heteroatoms. The molecule has 1 heterocycles. The Morgan fingerprint density at radius 3 is 1.81 bits per heavy atom. The lowest BCUT2D eigenvalue weighted by molar-refractivity contribution is 0.415. The molecule has 2 aromatic carbocycles. The normalized spacial score (nSPS) is 10.4. The van der Waals surface area contributed by atoms with Gasteiger partial charge in [-0.15, -0.1) is 11.3 Å². The predicted octanol–water partition coefficient (Wildman–Crippen LogP) is 4.49. The zero-order valence-corrected chi connectivity index (χ0v) is 12.7. The van der Waals surface area contributed by atoms with E-state index >= 15 is 0 Å². The third kappa shape index (κ3) is 2.90. The van der Waals surface area contributed by atoms with Crippen molar-refractivity contribution in [1.82, 2.24) is 4.98 Å². The summed E-state index contributed by atoms with van der Waals surface area (Å²) in [5.41, 5.74) is 3.17. The van der Waals surface area contributed by atoms with Gasteiger partial charge in [-0.05, 0) is 48.5 Å². The molecular formula is C17H15NO2S. The van der Waals surface area contributed by atoms with Gasteiger partial charge >= 0.3 is 0 Å². The first kappa shape index (κ1) is 13.6. The van der Waals surface area contributed by atoms with Gasteiger partial charge in [0.05, 0.1) is 19.9 Å². The average Bonchev–Trinajstić information content (AvgIpc) is 3.05. The molecule has 106 valence electrons. The lowest BCUT2D eigenvalue weighted by Gasteiger charge is -2.01. The van der Waals surface area contributed by atoms with Gasteiger partial charge < -0.3 is 9.47 Å². The quantitative estimate of drug-likeness (QED) is 0.711. The summed E-state index contributed by atoms with van der Waals surface area (Å²) in [5.74, 6) is 1.70. The van der Waals surface area contributed by atoms with Crippen molar-refractivity contribution in [3.63, 3.8) is 0 Å². The molecule has 0 aliphatic rings. The van der Waals surface area contributed by atoms with Crippen LogP contribution in [0.1, 0.15) is 0 Å². The second-order valence-electron chi connectivity index (χ2n) is 4.49. The molecular weight excluding hydrogens is 282 g/mol. The Labute approximate surface area is 127 Å². The van der Waals surface area contributed by atoms with Crippen molar-refractivity contribution in [2.24, 2.45) is 0 Å². The van der Waals surface area contributed by atoms with Crippen LogP contribution < -0.4 is 9.47 Å². The molecule has 1 aromatic heterocycles. The van der Waals surface area contributed by atoms with E-state index in [2.05, 4.69) is 5.38 Å². The van der Waals surface area contributed by atoms with Crippen molar-refractivity contribution in [3.8, 4) is 33.3 Å². The Morgan fingerprint density at radius 1 is 0.762 bits per heavy atom. The minimum atomic E-state index is 0.851. The standard InChI is InChI=1S/C17H15NO2S/c1-19-14-7-3-12(4-8-14)16-11-21-17(18-16)13-5-9-15(20-2)10-6-13/h3-11H,1-2H3. The SMILES string of the molecule is COc1ccc(-c2csc(-c3ccc(OC)cc3)n2)cc1. The van der Waals surface area contributed by atoms with E-state index < -0.39 is 0 Å². The van der Waals surface area contributed by atoms with Crippen LogP contribution in [0.4, 0.5) is 0 Å². The fraction of sp³-hybridized carbons (Fsp3) is 0.118. The van der Waals surface area contributed by atoms with Crippen molar-refractivity contribution >= 4 is 11.3 Å². The van der Waals surface area contributed by atoms with Gasteiger partial charge in [0.2, 0.25) is 0 Å². The summed E-state index contributed by atoms with van der Waals surface area (Å²) in [6.07, 6.45) is 0. The fourth-order valence-corrected chi connectivity index (χ4v) is 2.87. The Morgan fingerprint density at radius 2 is 1.29 bits per heavy atom. The van der Waals surface area contributed by atoms with Crippen molar-refractivity contribution < 1.29 is 9.47 Å². The molecule has 0 fully saturated rings. The van der Waals surface area contributed by atoms with Gasteiger partial charge in [-0.1, -0.05) is 0 Å². The molecule has 3 aromatic rings. The summed E-state index contributed by atoms with van der Waals surface area (Å²) in [5, 5.41) is 3.07. The highest BCUT2D eigenvalue weighted by Gasteiger charge is 2.07. The van der Waals surface area contributed by atoms with E-state index in [0.717, 1.165) is 33.3 Å². The first-order valence-electron chi connectivity index (χ1n) is 6.54. The number of nitrogens with zero attached hydrogens (tertiary/aromatic N) is 1. The molecule has 0 saturated carbocycles. The molecule has 0 aliphatic carbocycles. The molecule has 0 radical (unpaired) electrons. The molecule has 21 heavy (non-hydrogen) atoms. The molecule has 3 rings (SSSR count). The number of benzene rings is 2. The van der Waals surface area contributed by atoms with Crippen molar-refractivity contribution in [3.05, 3.63) is 53.9 Å². The maximum Gasteiger partial charge on any atom is 0.124 e. The number of methoxy groups -OCH3 is 2. The van der Waals surface area contributed by atoms with Crippen LogP contribution in [-0.4, -0.2) is 19.2 Å². The summed E-state index contributed by atoms with van der Waals surface area (Å²) in [4.78, 5) is 4.70. The van der Waals surface area contributed by atoms with E-state index in [1.807, 2.05) is 48.5 Å². The topological polar surface area (TPSA) is 31.4 Å². The third-order valence-electron chi connectivity index (χ3n) is 3.23. The first-order valence-corrected chi connectivity index (χ1v) is 7.42. The maximum absolute atomic E-state index is 5.17. The summed E-state index contributed by atoms with van der Waals surface area (Å²) in [6.45, 7) is 0. The van der Waals surface area contributed by atoms with Crippen LogP contribution in [0.5, 0.6) is 11.5 Å². The number of hydrogen-bond donors (Lipinski definition) is 0. The van der Waals surface area contributed by atoms with Crippen LogP contribution in [0.15, 0.2) is 53.9 Å². The van der Waals surface area contributed by atoms with Gasteiger partial charge in [0.15, 0.2) is 0 Å². The van der Waals surface area contributed by atoms with Crippen molar-refractivity contribution in [2.45, 2.75) is 0 Å². The van der Waals surface area contributed by atoms with Gasteiger partial charge in [-0.25, -0.2) is 4.98 Å². The summed E-state index contributed by atoms with van der Waals surface area (Å²) in [7, 11) is 3.33. The van der Waals surface area contributed by atoms with Crippen molar-refractivity contribution in [1.29, 1.82) is 0 Å². The zero-order chi connectivity index (χ0) is 14.7. The number of aromatic nitrogens is 1. The van der Waals surface area contributed by atoms with Gasteiger partial charge in [0, 0.05) is 16.5 Å². The third-order valence-corrected chi connectivity index (χ3v) is 4.12. The van der Waals surface area contributed by atoms with Gasteiger partial charge in [0.25, 0.3) is 0 Å². The Balaban J connectivity index is 1.87. The number of hydrogen-bond acceptors (Lipinski definition) is 4. The summed E-state index contributed by atoms with van der Waals surface area (Å²) < 4.78 is 10.3. The van der Waals surface area contributed by atoms with Crippen molar-refractivity contribution in [2.75, 3.05) is 14.2 Å². The molecule has 3 nitrogen and oxygen atoms in total. The molecule has 0 bridgehead atoms. The van der Waals surface area contributed by atoms with E-state index in [9.17, 15) is 0 Å². The average molecular weight is 297 g/mol. The van der Waals surface area contributed by atoms with Crippen LogP contribution in [0.3, 0.4) is 0 Å². The lowest BCUT2D eigenvalue weighted by atomic mass is 10.1. The predicted molar refractivity (Wildman–Crippen MR) is 86.1 cm³/mol. The van der Waals surface area contributed by atoms with E-state index in [-0.39, 0.29) is 0 Å². The van der Waals surface area contributed by atoms with Crippen LogP contribution in [0.25, 0.3) is 21.8 Å². The highest BCUT2D eigenvalue weighted by molar-refractivity contribution is 7.13. The lowest BCUT2D eigenvalue weighted by Crippen LogP contribution is -1.84. The highest BCUT2D eigenvalue weighted by Crippen LogP contribution is 2.30. The first-order chi connectivity index (χ1) is 10.3. The zero-order valence-electron chi connectivity index (χ0n) is 11.9. The monoisotopic (exact) mass is 297 g/mol. The van der Waals surface area contributed by atoms with Crippen LogP contribution in [0, 0.1) is 0 Å².